The van der Waals surface area contributed by atoms with Gasteiger partial charge in [-0.05, 0) is 6.92 Å². The summed E-state index contributed by atoms with van der Waals surface area (Å²) in [6.45, 7) is 3.52. The zero-order valence-corrected chi connectivity index (χ0v) is 6.96. The van der Waals surface area contributed by atoms with Gasteiger partial charge in [0.1, 0.15) is 0 Å². The number of rotatable bonds is 3. The maximum Gasteiger partial charge on any atom is 0.0777 e. The van der Waals surface area contributed by atoms with E-state index in [1.807, 2.05) is 20.2 Å². The summed E-state index contributed by atoms with van der Waals surface area (Å²) in [4.78, 5) is 2.08. The maximum atomic E-state index is 5.41. The molecule has 0 spiro atoms. The second-order valence-corrected chi connectivity index (χ2v) is 2.59. The first kappa shape index (κ1) is 8.07. The van der Waals surface area contributed by atoms with Crippen LogP contribution in [0.25, 0.3) is 0 Å². The molecule has 1 rings (SSSR count). The summed E-state index contributed by atoms with van der Waals surface area (Å²) < 4.78 is 0. The molecule has 0 fully saturated rings. The van der Waals surface area contributed by atoms with Crippen LogP contribution in [0.4, 0.5) is 5.69 Å². The van der Waals surface area contributed by atoms with Gasteiger partial charge in [0.25, 0.3) is 0 Å². The van der Waals surface area contributed by atoms with Gasteiger partial charge in [0.2, 0.25) is 0 Å². The van der Waals surface area contributed by atoms with Gasteiger partial charge in [-0.2, -0.15) is 5.10 Å². The number of hydrogen-bond acceptors (Lipinski definition) is 3. The summed E-state index contributed by atoms with van der Waals surface area (Å²) in [5.41, 5.74) is 7.62. The van der Waals surface area contributed by atoms with Gasteiger partial charge in [-0.25, -0.2) is 0 Å². The first-order valence-electron chi connectivity index (χ1n) is 3.67. The second-order valence-electron chi connectivity index (χ2n) is 2.59. The van der Waals surface area contributed by atoms with E-state index in [2.05, 4.69) is 15.1 Å². The molecule has 3 N–H and O–H groups in total. The number of hydrogen-bond donors (Lipinski definition) is 2. The maximum absolute atomic E-state index is 5.41. The lowest BCUT2D eigenvalue weighted by atomic mass is 10.3. The van der Waals surface area contributed by atoms with Gasteiger partial charge in [0.15, 0.2) is 0 Å². The normalized spacial score (nSPS) is 10.1. The van der Waals surface area contributed by atoms with Gasteiger partial charge in [-0.3, -0.25) is 5.10 Å². The predicted molar refractivity (Wildman–Crippen MR) is 45.6 cm³/mol. The Hall–Kier alpha value is -1.03. The Bertz CT molecular complexity index is 218. The highest BCUT2D eigenvalue weighted by atomic mass is 15.2. The Morgan fingerprint density at radius 2 is 2.45 bits per heavy atom. The first-order chi connectivity index (χ1) is 5.25. The molecule has 0 aliphatic heterocycles. The third-order valence-corrected chi connectivity index (χ3v) is 1.68. The second kappa shape index (κ2) is 3.39. The summed E-state index contributed by atoms with van der Waals surface area (Å²) in [7, 11) is 2.00. The lowest BCUT2D eigenvalue weighted by Gasteiger charge is -2.16. The van der Waals surface area contributed by atoms with E-state index in [1.165, 1.54) is 0 Å². The van der Waals surface area contributed by atoms with E-state index in [0.717, 1.165) is 17.9 Å². The van der Waals surface area contributed by atoms with Crippen molar-refractivity contribution in [3.8, 4) is 0 Å². The summed E-state index contributed by atoms with van der Waals surface area (Å²) in [6, 6.07) is 0. The fourth-order valence-electron chi connectivity index (χ4n) is 1.04. The van der Waals surface area contributed by atoms with Gasteiger partial charge >= 0.3 is 0 Å². The highest BCUT2D eigenvalue weighted by molar-refractivity contribution is 5.47. The quantitative estimate of drug-likeness (QED) is 0.649. The molecule has 62 valence electrons. The van der Waals surface area contributed by atoms with E-state index in [9.17, 15) is 0 Å². The molecule has 11 heavy (non-hydrogen) atoms. The van der Waals surface area contributed by atoms with Gasteiger partial charge in [-0.15, -0.1) is 0 Å². The minimum atomic E-state index is 0.668. The van der Waals surface area contributed by atoms with Gasteiger partial charge in [-0.1, -0.05) is 0 Å². The molecule has 0 amide bonds. The molecule has 4 heteroatoms. The Labute approximate surface area is 66.4 Å². The molecule has 0 radical (unpaired) electrons. The number of nitrogens with two attached hydrogens (primary N) is 1. The Morgan fingerprint density at radius 1 is 1.73 bits per heavy atom. The smallest absolute Gasteiger partial charge is 0.0777 e. The van der Waals surface area contributed by atoms with Crippen LogP contribution in [0.2, 0.25) is 0 Å². The summed E-state index contributed by atoms with van der Waals surface area (Å²) in [5.74, 6) is 0. The summed E-state index contributed by atoms with van der Waals surface area (Å²) in [5, 5.41) is 6.79. The third-order valence-electron chi connectivity index (χ3n) is 1.68. The molecule has 0 atom stereocenters. The number of aromatic nitrogens is 2. The lowest BCUT2D eigenvalue weighted by molar-refractivity contribution is 0.882. The van der Waals surface area contributed by atoms with Crippen molar-refractivity contribution in [2.75, 3.05) is 25.0 Å². The van der Waals surface area contributed by atoms with E-state index in [4.69, 9.17) is 5.73 Å². The third kappa shape index (κ3) is 1.71. The standard InChI is InChI=1S/C7H14N4/c1-6-7(5-9-10-6)11(2)4-3-8/h5H,3-4,8H2,1-2H3,(H,9,10). The molecule has 1 aromatic heterocycles. The van der Waals surface area contributed by atoms with E-state index >= 15 is 0 Å². The molecule has 4 nitrogen and oxygen atoms in total. The molecule has 0 saturated heterocycles. The van der Waals surface area contributed by atoms with Crippen molar-refractivity contribution in [2.45, 2.75) is 6.92 Å². The fourth-order valence-corrected chi connectivity index (χ4v) is 1.04. The number of nitrogens with one attached hydrogen (secondary N) is 1. The molecule has 0 saturated carbocycles. The van der Waals surface area contributed by atoms with Crippen molar-refractivity contribution in [3.63, 3.8) is 0 Å². The van der Waals surface area contributed by atoms with Crippen molar-refractivity contribution >= 4 is 5.69 Å². The molecule has 0 bridgehead atoms. The van der Waals surface area contributed by atoms with Crippen molar-refractivity contribution < 1.29 is 0 Å². The first-order valence-corrected chi connectivity index (χ1v) is 3.67. The van der Waals surface area contributed by atoms with Crippen LogP contribution < -0.4 is 10.6 Å². The van der Waals surface area contributed by atoms with Gasteiger partial charge in [0, 0.05) is 20.1 Å². The van der Waals surface area contributed by atoms with Crippen molar-refractivity contribution in [1.82, 2.24) is 10.2 Å². The summed E-state index contributed by atoms with van der Waals surface area (Å²) >= 11 is 0. The molecule has 0 aliphatic rings. The van der Waals surface area contributed by atoms with Crippen LogP contribution in [-0.4, -0.2) is 30.3 Å². The number of H-pyrrole nitrogens is 1. The Balaban J connectivity index is 2.67. The predicted octanol–water partition coefficient (Wildman–Crippen LogP) is 0.113. The average molecular weight is 154 g/mol. The Morgan fingerprint density at radius 3 is 2.91 bits per heavy atom. The molecular formula is C7H14N4. The van der Waals surface area contributed by atoms with Crippen LogP contribution >= 0.6 is 0 Å². The van der Waals surface area contributed by atoms with E-state index < -0.39 is 0 Å². The Kier molecular flexibility index (Phi) is 2.48. The average Bonchev–Trinajstić information content (AvgIpc) is 2.36. The summed E-state index contributed by atoms with van der Waals surface area (Å²) in [6.07, 6.45) is 1.81. The number of anilines is 1. The molecule has 0 unspecified atom stereocenters. The monoisotopic (exact) mass is 154 g/mol. The van der Waals surface area contributed by atoms with Crippen LogP contribution in [0.3, 0.4) is 0 Å². The number of likely N-dealkylation sites (N-methyl/N-ethyl adjacent to an activating group) is 1. The minimum absolute atomic E-state index is 0.668. The van der Waals surface area contributed by atoms with Crippen molar-refractivity contribution in [3.05, 3.63) is 11.9 Å². The number of aromatic amines is 1. The lowest BCUT2D eigenvalue weighted by Crippen LogP contribution is -2.25. The van der Waals surface area contributed by atoms with Crippen molar-refractivity contribution in [1.29, 1.82) is 0 Å². The van der Waals surface area contributed by atoms with Gasteiger partial charge < -0.3 is 10.6 Å². The van der Waals surface area contributed by atoms with Crippen molar-refractivity contribution in [2.24, 2.45) is 5.73 Å². The molecule has 0 aliphatic carbocycles. The SMILES string of the molecule is Cc1[nH]ncc1N(C)CCN. The fraction of sp³-hybridized carbons (Fsp3) is 0.571. The minimum Gasteiger partial charge on any atom is -0.371 e. The topological polar surface area (TPSA) is 57.9 Å². The van der Waals surface area contributed by atoms with Crippen LogP contribution in [0.1, 0.15) is 5.69 Å². The van der Waals surface area contributed by atoms with Crippen LogP contribution in [0.15, 0.2) is 6.20 Å². The van der Waals surface area contributed by atoms with Crippen LogP contribution in [0, 0.1) is 6.92 Å². The molecule has 1 heterocycles. The van der Waals surface area contributed by atoms with E-state index in [-0.39, 0.29) is 0 Å². The van der Waals surface area contributed by atoms with E-state index in [1.54, 1.807) is 0 Å². The molecule has 1 aromatic rings. The highest BCUT2D eigenvalue weighted by Crippen LogP contribution is 2.13. The van der Waals surface area contributed by atoms with Crippen LogP contribution in [0.5, 0.6) is 0 Å². The number of nitrogens with zero attached hydrogens (tertiary/aromatic N) is 2. The van der Waals surface area contributed by atoms with Gasteiger partial charge in [0.05, 0.1) is 17.6 Å². The number of aryl methyl sites for hydroxylation is 1. The zero-order chi connectivity index (χ0) is 8.27. The molecule has 0 aromatic carbocycles. The van der Waals surface area contributed by atoms with E-state index in [0.29, 0.717) is 6.54 Å². The zero-order valence-electron chi connectivity index (χ0n) is 6.96. The molecular weight excluding hydrogens is 140 g/mol. The highest BCUT2D eigenvalue weighted by Gasteiger charge is 2.03. The van der Waals surface area contributed by atoms with Crippen LogP contribution in [-0.2, 0) is 0 Å². The largest absolute Gasteiger partial charge is 0.371 e.